The maximum absolute atomic E-state index is 13.2. The van der Waals surface area contributed by atoms with Crippen molar-refractivity contribution in [1.82, 2.24) is 9.21 Å². The van der Waals surface area contributed by atoms with Gasteiger partial charge in [-0.2, -0.15) is 0 Å². The summed E-state index contributed by atoms with van der Waals surface area (Å²) < 4.78 is 14.5. The summed E-state index contributed by atoms with van der Waals surface area (Å²) in [6.45, 7) is 3.09. The molecule has 150 valence electrons. The predicted octanol–water partition coefficient (Wildman–Crippen LogP) is 3.11. The quantitative estimate of drug-likeness (QED) is 0.667. The van der Waals surface area contributed by atoms with E-state index >= 15 is 0 Å². The van der Waals surface area contributed by atoms with Crippen molar-refractivity contribution in [3.8, 4) is 0 Å². The molecule has 1 saturated carbocycles. The topological polar surface area (TPSA) is 72.6 Å². The molecule has 1 aliphatic heterocycles. The third-order valence-electron chi connectivity index (χ3n) is 5.72. The van der Waals surface area contributed by atoms with Crippen LogP contribution in [0.1, 0.15) is 50.6 Å². The second-order valence-electron chi connectivity index (χ2n) is 7.67. The van der Waals surface area contributed by atoms with Gasteiger partial charge in [0.1, 0.15) is 5.25 Å². The van der Waals surface area contributed by atoms with Crippen molar-refractivity contribution in [2.45, 2.75) is 56.4 Å². The van der Waals surface area contributed by atoms with Crippen molar-refractivity contribution in [1.29, 1.82) is 0 Å². The molecule has 1 saturated heterocycles. The zero-order chi connectivity index (χ0) is 19.6. The zero-order valence-corrected chi connectivity index (χ0v) is 17.7. The molecule has 1 heterocycles. The van der Waals surface area contributed by atoms with E-state index in [0.29, 0.717) is 23.4 Å². The van der Waals surface area contributed by atoms with Crippen LogP contribution in [0.4, 0.5) is 0 Å². The Balaban J connectivity index is 1.83. The van der Waals surface area contributed by atoms with Crippen molar-refractivity contribution in [3.63, 3.8) is 0 Å². The molecule has 4 unspecified atom stereocenters. The fourth-order valence-electron chi connectivity index (χ4n) is 3.96. The van der Waals surface area contributed by atoms with Crippen LogP contribution >= 0.6 is 11.6 Å². The summed E-state index contributed by atoms with van der Waals surface area (Å²) in [7, 11) is 1.91. The molecular weight excluding hydrogens is 382 g/mol. The van der Waals surface area contributed by atoms with Gasteiger partial charge in [0.15, 0.2) is 0 Å². The average Bonchev–Trinajstić information content (AvgIpc) is 3.51. The molecule has 0 radical (unpaired) electrons. The van der Waals surface area contributed by atoms with Gasteiger partial charge >= 0.3 is 0 Å². The molecule has 3 rings (SSSR count). The Morgan fingerprint density at radius 2 is 1.96 bits per heavy atom. The maximum atomic E-state index is 13.2. The molecule has 4 atom stereocenters. The molecule has 2 aliphatic rings. The number of amides is 1. The van der Waals surface area contributed by atoms with E-state index in [0.717, 1.165) is 37.7 Å². The van der Waals surface area contributed by atoms with Crippen LogP contribution in [0.5, 0.6) is 0 Å². The van der Waals surface area contributed by atoms with Crippen LogP contribution in [-0.4, -0.2) is 51.1 Å². The van der Waals surface area contributed by atoms with E-state index in [4.69, 9.17) is 17.3 Å². The molecular formula is C20H30ClN3O2S. The summed E-state index contributed by atoms with van der Waals surface area (Å²) in [5.41, 5.74) is 6.98. The summed E-state index contributed by atoms with van der Waals surface area (Å²) in [6.07, 6.45) is 4.60. The normalized spacial score (nSPS) is 25.7. The fourth-order valence-corrected chi connectivity index (χ4v) is 5.45. The van der Waals surface area contributed by atoms with Gasteiger partial charge in [0.05, 0.1) is 18.5 Å². The van der Waals surface area contributed by atoms with Crippen molar-refractivity contribution >= 4 is 28.9 Å². The van der Waals surface area contributed by atoms with E-state index in [9.17, 15) is 9.35 Å². The van der Waals surface area contributed by atoms with Gasteiger partial charge in [-0.15, -0.1) is 4.31 Å². The highest BCUT2D eigenvalue weighted by Gasteiger charge is 2.42. The van der Waals surface area contributed by atoms with E-state index in [1.54, 1.807) is 0 Å². The summed E-state index contributed by atoms with van der Waals surface area (Å²) in [4.78, 5) is 15.2. The number of piperidine rings is 1. The Labute approximate surface area is 170 Å². The largest absolute Gasteiger partial charge is 0.598 e. The Morgan fingerprint density at radius 3 is 2.52 bits per heavy atom. The van der Waals surface area contributed by atoms with Crippen LogP contribution in [0.3, 0.4) is 0 Å². The Hall–Kier alpha value is -0.790. The zero-order valence-electron chi connectivity index (χ0n) is 16.1. The standard InChI is InChI=1S/C20H30ClN3O2S/c1-3-17(13-23(2)27(26)18-9-10-18)24-19(11-6-15(12-22)20(24)25)14-4-7-16(21)8-5-14/h4-5,7-8,15,17-19H,3,6,9-13,22H2,1-2H3. The van der Waals surface area contributed by atoms with Gasteiger partial charge in [0.25, 0.3) is 0 Å². The van der Waals surface area contributed by atoms with Gasteiger partial charge in [0.2, 0.25) is 5.91 Å². The lowest BCUT2D eigenvalue weighted by molar-refractivity contribution is -0.145. The monoisotopic (exact) mass is 411 g/mol. The number of nitrogens with zero attached hydrogens (tertiary/aromatic N) is 2. The number of carbonyl (C=O) groups excluding carboxylic acids is 1. The molecule has 0 spiro atoms. The van der Waals surface area contributed by atoms with E-state index in [2.05, 4.69) is 6.92 Å². The van der Waals surface area contributed by atoms with Crippen molar-refractivity contribution in [2.75, 3.05) is 20.1 Å². The van der Waals surface area contributed by atoms with Crippen LogP contribution in [-0.2, 0) is 16.2 Å². The molecule has 7 heteroatoms. The molecule has 27 heavy (non-hydrogen) atoms. The predicted molar refractivity (Wildman–Crippen MR) is 111 cm³/mol. The highest BCUT2D eigenvalue weighted by molar-refractivity contribution is 7.90. The molecule has 0 aromatic heterocycles. The third kappa shape index (κ3) is 4.80. The minimum atomic E-state index is -0.959. The smallest absolute Gasteiger partial charge is 0.227 e. The second-order valence-corrected chi connectivity index (χ2v) is 9.95. The highest BCUT2D eigenvalue weighted by atomic mass is 35.5. The van der Waals surface area contributed by atoms with Crippen LogP contribution < -0.4 is 5.73 Å². The number of nitrogens with two attached hydrogens (primary N) is 1. The minimum Gasteiger partial charge on any atom is -0.598 e. The van der Waals surface area contributed by atoms with Gasteiger partial charge in [-0.25, -0.2) is 0 Å². The molecule has 2 fully saturated rings. The summed E-state index contributed by atoms with van der Waals surface area (Å²) in [6, 6.07) is 7.81. The molecule has 1 amide bonds. The second kappa shape index (κ2) is 9.14. The highest BCUT2D eigenvalue weighted by Crippen LogP contribution is 2.37. The summed E-state index contributed by atoms with van der Waals surface area (Å²) >= 11 is 5.09. The van der Waals surface area contributed by atoms with Crippen LogP contribution in [0, 0.1) is 5.92 Å². The molecule has 1 aromatic carbocycles. The number of hydrogen-bond donors (Lipinski definition) is 1. The Bertz CT molecular complexity index is 641. The molecule has 1 aliphatic carbocycles. The lowest BCUT2D eigenvalue weighted by Crippen LogP contribution is -2.54. The van der Waals surface area contributed by atoms with Gasteiger partial charge in [0, 0.05) is 48.9 Å². The number of carbonyl (C=O) groups is 1. The fraction of sp³-hybridized carbons (Fsp3) is 0.650. The molecule has 1 aromatic rings. The van der Waals surface area contributed by atoms with Crippen LogP contribution in [0.15, 0.2) is 24.3 Å². The number of likely N-dealkylation sites (N-methyl/N-ethyl adjacent to an activating group) is 1. The number of likely N-dealkylation sites (tertiary alicyclic amines) is 1. The van der Waals surface area contributed by atoms with Gasteiger partial charge in [-0.05, 0) is 37.0 Å². The first-order chi connectivity index (χ1) is 13.0. The molecule has 0 bridgehead atoms. The molecule has 5 nitrogen and oxygen atoms in total. The first-order valence-electron chi connectivity index (χ1n) is 9.85. The number of halogens is 1. The number of rotatable bonds is 8. The van der Waals surface area contributed by atoms with E-state index in [1.165, 1.54) is 0 Å². The maximum Gasteiger partial charge on any atom is 0.227 e. The number of benzene rings is 1. The Kier molecular flexibility index (Phi) is 7.08. The van der Waals surface area contributed by atoms with Gasteiger partial charge in [-0.1, -0.05) is 30.7 Å². The lowest BCUT2D eigenvalue weighted by atomic mass is 9.86. The minimum absolute atomic E-state index is 0.0141. The summed E-state index contributed by atoms with van der Waals surface area (Å²) in [5, 5.41) is 0.993. The van der Waals surface area contributed by atoms with E-state index in [-0.39, 0.29) is 23.9 Å². The Morgan fingerprint density at radius 1 is 1.30 bits per heavy atom. The van der Waals surface area contributed by atoms with Crippen LogP contribution in [0.2, 0.25) is 5.02 Å². The lowest BCUT2D eigenvalue weighted by Gasteiger charge is -2.44. The number of hydrogen-bond acceptors (Lipinski definition) is 4. The van der Waals surface area contributed by atoms with Crippen molar-refractivity contribution in [2.24, 2.45) is 11.7 Å². The van der Waals surface area contributed by atoms with E-state index in [1.807, 2.05) is 40.5 Å². The van der Waals surface area contributed by atoms with Crippen molar-refractivity contribution in [3.05, 3.63) is 34.9 Å². The van der Waals surface area contributed by atoms with Gasteiger partial charge < -0.3 is 15.2 Å². The average molecular weight is 412 g/mol. The SMILES string of the molecule is CCC(CN(C)[S+]([O-])C1CC1)N1C(=O)C(CN)CCC1c1ccc(Cl)cc1. The van der Waals surface area contributed by atoms with Crippen molar-refractivity contribution < 1.29 is 9.35 Å². The summed E-state index contributed by atoms with van der Waals surface area (Å²) in [5.74, 6) is 0.00277. The molecule has 2 N–H and O–H groups in total. The first-order valence-corrected chi connectivity index (χ1v) is 11.4. The van der Waals surface area contributed by atoms with Gasteiger partial charge in [-0.3, -0.25) is 4.79 Å². The van der Waals surface area contributed by atoms with Crippen LogP contribution in [0.25, 0.3) is 0 Å². The first kappa shape index (κ1) is 20.9. The third-order valence-corrected chi connectivity index (χ3v) is 7.77. The van der Waals surface area contributed by atoms with E-state index < -0.39 is 11.4 Å².